The lowest BCUT2D eigenvalue weighted by Gasteiger charge is -1.99. The number of aliphatic carboxylic acids is 1. The Hall–Kier alpha value is -1.05. The zero-order valence-corrected chi connectivity index (χ0v) is 14.6. The first-order valence-electron chi connectivity index (χ1n) is 9.31. The van der Waals surface area contributed by atoms with Gasteiger partial charge in [-0.15, -0.1) is 0 Å². The molecule has 2 heteroatoms. The maximum absolute atomic E-state index is 10.3. The van der Waals surface area contributed by atoms with Gasteiger partial charge in [0.2, 0.25) is 0 Å². The molecule has 0 aromatic heterocycles. The van der Waals surface area contributed by atoms with Crippen molar-refractivity contribution in [2.75, 3.05) is 0 Å². The van der Waals surface area contributed by atoms with Crippen LogP contribution in [0.1, 0.15) is 96.8 Å². The average molecular weight is 309 g/mol. The highest BCUT2D eigenvalue weighted by molar-refractivity contribution is 5.79. The molecular weight excluding hydrogens is 272 g/mol. The Labute approximate surface area is 137 Å². The molecule has 0 heterocycles. The number of unbranched alkanes of at least 4 members (excludes halogenated alkanes) is 12. The van der Waals surface area contributed by atoms with Gasteiger partial charge in [-0.1, -0.05) is 76.5 Å². The van der Waals surface area contributed by atoms with E-state index in [2.05, 4.69) is 19.1 Å². The zero-order valence-electron chi connectivity index (χ0n) is 14.6. The molecule has 0 aromatic rings. The minimum atomic E-state index is -0.839. The van der Waals surface area contributed by atoms with Gasteiger partial charge in [0.05, 0.1) is 0 Å². The van der Waals surface area contributed by atoms with Crippen LogP contribution < -0.4 is 0 Å². The summed E-state index contributed by atoms with van der Waals surface area (Å²) in [7, 11) is 0. The third kappa shape index (κ3) is 18.9. The lowest BCUT2D eigenvalue weighted by Crippen LogP contribution is -1.85. The minimum Gasteiger partial charge on any atom is -0.478 e. The van der Waals surface area contributed by atoms with Crippen LogP contribution in [0.2, 0.25) is 0 Å². The van der Waals surface area contributed by atoms with E-state index in [-0.39, 0.29) is 0 Å². The Balaban J connectivity index is 3.12. The first-order valence-corrected chi connectivity index (χ1v) is 9.31. The molecule has 128 valence electrons. The number of carboxylic acid groups (broad SMARTS) is 1. The van der Waals surface area contributed by atoms with Crippen LogP contribution in [0.4, 0.5) is 0 Å². The molecule has 0 saturated heterocycles. The van der Waals surface area contributed by atoms with Gasteiger partial charge in [0.1, 0.15) is 0 Å². The first-order chi connectivity index (χ1) is 10.8. The first kappa shape index (κ1) is 20.9. The smallest absolute Gasteiger partial charge is 0.327 e. The lowest BCUT2D eigenvalue weighted by molar-refractivity contribution is -0.131. The van der Waals surface area contributed by atoms with Crippen LogP contribution >= 0.6 is 0 Å². The van der Waals surface area contributed by atoms with Crippen molar-refractivity contribution in [2.45, 2.75) is 96.8 Å². The second kappa shape index (κ2) is 18.0. The van der Waals surface area contributed by atoms with E-state index >= 15 is 0 Å². The highest BCUT2D eigenvalue weighted by Crippen LogP contribution is 2.10. The van der Waals surface area contributed by atoms with Crippen LogP contribution in [0.3, 0.4) is 0 Å². The second-order valence-corrected chi connectivity index (χ2v) is 6.11. The molecule has 1 N–H and O–H groups in total. The molecule has 0 aliphatic rings. The van der Waals surface area contributed by atoms with Gasteiger partial charge in [-0.05, 0) is 38.5 Å². The highest BCUT2D eigenvalue weighted by Gasteiger charge is 1.91. The van der Waals surface area contributed by atoms with Gasteiger partial charge in [0.15, 0.2) is 0 Å². The van der Waals surface area contributed by atoms with Gasteiger partial charge in [0.25, 0.3) is 0 Å². The quantitative estimate of drug-likeness (QED) is 0.196. The number of hydrogen-bond donors (Lipinski definition) is 1. The molecule has 0 rings (SSSR count). The summed E-state index contributed by atoms with van der Waals surface area (Å²) in [5.74, 6) is -0.839. The van der Waals surface area contributed by atoms with Crippen molar-refractivity contribution in [1.82, 2.24) is 0 Å². The monoisotopic (exact) mass is 308 g/mol. The molecule has 0 bridgehead atoms. The molecule has 0 aromatic carbocycles. The predicted molar refractivity (Wildman–Crippen MR) is 96.2 cm³/mol. The van der Waals surface area contributed by atoms with Crippen LogP contribution in [-0.4, -0.2) is 11.1 Å². The Kier molecular flexibility index (Phi) is 17.1. The maximum Gasteiger partial charge on any atom is 0.327 e. The van der Waals surface area contributed by atoms with Gasteiger partial charge in [-0.3, -0.25) is 0 Å². The molecule has 0 amide bonds. The molecule has 0 radical (unpaired) electrons. The summed E-state index contributed by atoms with van der Waals surface area (Å²) >= 11 is 0. The Morgan fingerprint density at radius 2 is 1.09 bits per heavy atom. The van der Waals surface area contributed by atoms with E-state index < -0.39 is 5.97 Å². The summed E-state index contributed by atoms with van der Waals surface area (Å²) in [6, 6.07) is 0. The van der Waals surface area contributed by atoms with Crippen LogP contribution in [0.5, 0.6) is 0 Å². The summed E-state index contributed by atoms with van der Waals surface area (Å²) in [4.78, 5) is 10.3. The fourth-order valence-electron chi connectivity index (χ4n) is 2.52. The largest absolute Gasteiger partial charge is 0.478 e. The third-order valence-corrected chi connectivity index (χ3v) is 3.89. The van der Waals surface area contributed by atoms with E-state index in [0.717, 1.165) is 12.8 Å². The third-order valence-electron chi connectivity index (χ3n) is 3.89. The van der Waals surface area contributed by atoms with Crippen LogP contribution in [0.15, 0.2) is 24.3 Å². The van der Waals surface area contributed by atoms with Gasteiger partial charge < -0.3 is 5.11 Å². The molecule has 0 unspecified atom stereocenters. The molecule has 0 aliphatic carbocycles. The Morgan fingerprint density at radius 1 is 0.682 bits per heavy atom. The van der Waals surface area contributed by atoms with E-state index in [1.165, 1.54) is 83.1 Å². The van der Waals surface area contributed by atoms with E-state index in [4.69, 9.17) is 5.11 Å². The Bertz CT molecular complexity index is 292. The van der Waals surface area contributed by atoms with Gasteiger partial charge in [-0.2, -0.15) is 0 Å². The number of carbonyl (C=O) groups is 1. The van der Waals surface area contributed by atoms with E-state index in [1.54, 1.807) is 6.08 Å². The fourth-order valence-corrected chi connectivity index (χ4v) is 2.52. The summed E-state index contributed by atoms with van der Waals surface area (Å²) in [5.41, 5.74) is 0. The summed E-state index contributed by atoms with van der Waals surface area (Å²) < 4.78 is 0. The molecule has 0 spiro atoms. The molecule has 0 fully saturated rings. The van der Waals surface area contributed by atoms with Crippen molar-refractivity contribution < 1.29 is 9.90 Å². The van der Waals surface area contributed by atoms with Gasteiger partial charge >= 0.3 is 5.97 Å². The normalized spacial score (nSPS) is 11.7. The predicted octanol–water partition coefficient (Wildman–Crippen LogP) is 6.66. The lowest BCUT2D eigenvalue weighted by atomic mass is 10.1. The van der Waals surface area contributed by atoms with Crippen LogP contribution in [0.25, 0.3) is 0 Å². The zero-order chi connectivity index (χ0) is 16.3. The molecule has 22 heavy (non-hydrogen) atoms. The van der Waals surface area contributed by atoms with Gasteiger partial charge in [0, 0.05) is 6.08 Å². The minimum absolute atomic E-state index is 0.839. The van der Waals surface area contributed by atoms with E-state index in [1.807, 2.05) is 0 Å². The number of carboxylic acids is 1. The maximum atomic E-state index is 10.3. The van der Waals surface area contributed by atoms with E-state index in [9.17, 15) is 4.79 Å². The van der Waals surface area contributed by atoms with Crippen molar-refractivity contribution >= 4 is 5.97 Å². The SMILES string of the molecule is CCCCCCCC=CCCCCCCCCC=CC(=O)O. The summed E-state index contributed by atoms with van der Waals surface area (Å²) in [6.07, 6.45) is 25.5. The fraction of sp³-hybridized carbons (Fsp3) is 0.750. The number of rotatable bonds is 16. The second-order valence-electron chi connectivity index (χ2n) is 6.11. The standard InChI is InChI=1S/C20H36O2/c1-2-3-4-5-6-7-8-9-10-11-12-13-14-15-16-17-18-19-20(21)22/h8-9,18-19H,2-7,10-17H2,1H3,(H,21,22). The van der Waals surface area contributed by atoms with Crippen molar-refractivity contribution in [3.8, 4) is 0 Å². The molecule has 2 nitrogen and oxygen atoms in total. The molecular formula is C20H36O2. The number of allylic oxidation sites excluding steroid dienone is 3. The molecule has 0 saturated carbocycles. The summed E-state index contributed by atoms with van der Waals surface area (Å²) in [6.45, 7) is 2.26. The number of hydrogen-bond acceptors (Lipinski definition) is 1. The highest BCUT2D eigenvalue weighted by atomic mass is 16.4. The molecule has 0 atom stereocenters. The van der Waals surface area contributed by atoms with Gasteiger partial charge in [-0.25, -0.2) is 4.79 Å². The average Bonchev–Trinajstić information content (AvgIpc) is 2.50. The van der Waals surface area contributed by atoms with Crippen LogP contribution in [-0.2, 0) is 4.79 Å². The summed E-state index contributed by atoms with van der Waals surface area (Å²) in [5, 5.41) is 8.45. The van der Waals surface area contributed by atoms with Crippen molar-refractivity contribution in [3.05, 3.63) is 24.3 Å². The van der Waals surface area contributed by atoms with Crippen molar-refractivity contribution in [1.29, 1.82) is 0 Å². The van der Waals surface area contributed by atoms with Crippen LogP contribution in [0, 0.1) is 0 Å². The Morgan fingerprint density at radius 3 is 1.55 bits per heavy atom. The van der Waals surface area contributed by atoms with Crippen molar-refractivity contribution in [2.24, 2.45) is 0 Å². The van der Waals surface area contributed by atoms with Crippen molar-refractivity contribution in [3.63, 3.8) is 0 Å². The topological polar surface area (TPSA) is 37.3 Å². The van der Waals surface area contributed by atoms with E-state index in [0.29, 0.717) is 0 Å². The molecule has 0 aliphatic heterocycles.